The lowest BCUT2D eigenvalue weighted by Crippen LogP contribution is -2.22. The zero-order valence-corrected chi connectivity index (χ0v) is 15.2. The number of fused-ring (bicyclic) bond motifs is 1. The second-order valence-corrected chi connectivity index (χ2v) is 6.44. The first kappa shape index (κ1) is 16.7. The summed E-state index contributed by atoms with van der Waals surface area (Å²) in [6.07, 6.45) is 1.12. The van der Waals surface area contributed by atoms with Gasteiger partial charge in [-0.3, -0.25) is 14.4 Å². The van der Waals surface area contributed by atoms with Gasteiger partial charge in [0.15, 0.2) is 23.0 Å². The summed E-state index contributed by atoms with van der Waals surface area (Å²) in [5.74, 6) is -2.07. The van der Waals surface area contributed by atoms with E-state index >= 15 is 0 Å². The average molecular weight is 456 g/mol. The Morgan fingerprint density at radius 2 is 1.88 bits per heavy atom. The Morgan fingerprint density at radius 1 is 1.17 bits per heavy atom. The van der Waals surface area contributed by atoms with Gasteiger partial charge in [-0.05, 0) is 50.1 Å². The normalized spacial score (nSPS) is 14.0. The molecule has 6 nitrogen and oxygen atoms in total. The molecule has 3 rings (SSSR count). The van der Waals surface area contributed by atoms with Crippen LogP contribution in [0.25, 0.3) is 4.48 Å². The summed E-state index contributed by atoms with van der Waals surface area (Å²) in [5, 5.41) is 9.80. The smallest absolute Gasteiger partial charge is 0.241 e. The number of Topliss-reactive ketones (excluding diaryl/α,β-unsaturated/α-hetero) is 2. The minimum Gasteiger partial charge on any atom is -0.504 e. The van der Waals surface area contributed by atoms with Gasteiger partial charge in [-0.2, -0.15) is 0 Å². The fourth-order valence-electron chi connectivity index (χ4n) is 2.31. The van der Waals surface area contributed by atoms with E-state index in [0.717, 1.165) is 6.26 Å². The first-order valence-electron chi connectivity index (χ1n) is 6.54. The van der Waals surface area contributed by atoms with Crippen LogP contribution in [0.2, 0.25) is 0 Å². The third kappa shape index (κ3) is 2.42. The Kier molecular flexibility index (Phi) is 4.18. The standard InChI is InChI=1S/C16H8Br2O6/c1-23-9-3-2-6(4-8(9)19)13(20)7-5-24-16-10(7)14(21)15(22)11(17)12(16)18/h2-5,19H,1H3. The van der Waals surface area contributed by atoms with Crippen LogP contribution in [0.3, 0.4) is 0 Å². The maximum absolute atomic E-state index is 12.7. The van der Waals surface area contributed by atoms with Crippen molar-refractivity contribution in [3.05, 3.63) is 51.4 Å². The van der Waals surface area contributed by atoms with Crippen LogP contribution in [-0.2, 0) is 4.79 Å². The number of phenolic OH excluding ortho intramolecular Hbond substituents is 1. The van der Waals surface area contributed by atoms with E-state index in [-0.39, 0.29) is 42.9 Å². The van der Waals surface area contributed by atoms with E-state index in [2.05, 4.69) is 31.9 Å². The van der Waals surface area contributed by atoms with Crippen molar-refractivity contribution in [1.29, 1.82) is 0 Å². The predicted octanol–water partition coefficient (Wildman–Crippen LogP) is 3.45. The highest BCUT2D eigenvalue weighted by molar-refractivity contribution is 9.16. The predicted molar refractivity (Wildman–Crippen MR) is 90.9 cm³/mol. The summed E-state index contributed by atoms with van der Waals surface area (Å²) in [7, 11) is 1.38. The zero-order valence-electron chi connectivity index (χ0n) is 12.1. The van der Waals surface area contributed by atoms with Gasteiger partial charge in [0.2, 0.25) is 11.6 Å². The van der Waals surface area contributed by atoms with E-state index in [9.17, 15) is 19.5 Å². The quantitative estimate of drug-likeness (QED) is 0.562. The molecule has 0 saturated carbocycles. The molecule has 0 amide bonds. The molecule has 0 saturated heterocycles. The number of allylic oxidation sites excluding steroid dienone is 1. The number of carbonyl (C=O) groups excluding carboxylic acids is 3. The first-order chi connectivity index (χ1) is 11.4. The van der Waals surface area contributed by atoms with Gasteiger partial charge >= 0.3 is 0 Å². The fraction of sp³-hybridized carbons (Fsp3) is 0.0625. The SMILES string of the molecule is COc1ccc(C(=O)c2coc3c2C(=O)C(=O)C(Br)=C3Br)cc1O. The monoisotopic (exact) mass is 454 g/mol. The Morgan fingerprint density at radius 3 is 2.50 bits per heavy atom. The molecular weight excluding hydrogens is 448 g/mol. The van der Waals surface area contributed by atoms with Crippen LogP contribution in [0.15, 0.2) is 33.4 Å². The van der Waals surface area contributed by atoms with E-state index in [1.165, 1.54) is 25.3 Å². The maximum Gasteiger partial charge on any atom is 0.241 e. The molecule has 1 aliphatic carbocycles. The number of aromatic hydroxyl groups is 1. The van der Waals surface area contributed by atoms with Crippen LogP contribution in [0.5, 0.6) is 11.5 Å². The zero-order chi connectivity index (χ0) is 17.6. The van der Waals surface area contributed by atoms with Gasteiger partial charge in [0, 0.05) is 5.56 Å². The van der Waals surface area contributed by atoms with Gasteiger partial charge in [-0.15, -0.1) is 0 Å². The Bertz CT molecular complexity index is 938. The number of furan rings is 1. The van der Waals surface area contributed by atoms with Gasteiger partial charge in [0.05, 0.1) is 27.2 Å². The molecule has 0 aliphatic heterocycles. The maximum atomic E-state index is 12.7. The van der Waals surface area contributed by atoms with Gasteiger partial charge in [-0.1, -0.05) is 0 Å². The van der Waals surface area contributed by atoms with Crippen LogP contribution >= 0.6 is 31.9 Å². The third-order valence-electron chi connectivity index (χ3n) is 3.50. The van der Waals surface area contributed by atoms with Gasteiger partial charge in [0.25, 0.3) is 0 Å². The number of halogens is 2. The molecule has 24 heavy (non-hydrogen) atoms. The van der Waals surface area contributed by atoms with Gasteiger partial charge < -0.3 is 14.3 Å². The molecule has 0 radical (unpaired) electrons. The molecule has 1 aliphatic rings. The number of hydrogen-bond acceptors (Lipinski definition) is 6. The van der Waals surface area contributed by atoms with Crippen molar-refractivity contribution in [2.45, 2.75) is 0 Å². The first-order valence-corrected chi connectivity index (χ1v) is 8.13. The van der Waals surface area contributed by atoms with E-state index in [1.54, 1.807) is 0 Å². The molecule has 122 valence electrons. The van der Waals surface area contributed by atoms with Crippen LogP contribution in [0.4, 0.5) is 0 Å². The van der Waals surface area contributed by atoms with Crippen LogP contribution < -0.4 is 4.74 Å². The van der Waals surface area contributed by atoms with E-state index in [0.29, 0.717) is 0 Å². The number of methoxy groups -OCH3 is 1. The van der Waals surface area contributed by atoms with Crippen molar-refractivity contribution in [2.75, 3.05) is 7.11 Å². The third-order valence-corrected chi connectivity index (χ3v) is 5.55. The topological polar surface area (TPSA) is 93.8 Å². The molecule has 1 aromatic carbocycles. The number of carbonyl (C=O) groups is 3. The van der Waals surface area contributed by atoms with Crippen LogP contribution in [0, 0.1) is 0 Å². The number of rotatable bonds is 3. The summed E-state index contributed by atoms with van der Waals surface area (Å²) in [6, 6.07) is 4.08. The Labute approximate surface area is 152 Å². The Hall–Kier alpha value is -2.19. The largest absolute Gasteiger partial charge is 0.504 e. The number of ketones is 3. The van der Waals surface area contributed by atoms with Crippen LogP contribution in [0.1, 0.15) is 32.0 Å². The molecule has 2 aromatic rings. The summed E-state index contributed by atoms with van der Waals surface area (Å²) < 4.78 is 10.5. The second-order valence-electron chi connectivity index (χ2n) is 4.86. The number of hydrogen-bond donors (Lipinski definition) is 1. The highest BCUT2D eigenvalue weighted by Gasteiger charge is 2.37. The number of ether oxygens (including phenoxy) is 1. The highest BCUT2D eigenvalue weighted by Crippen LogP contribution is 2.39. The van der Waals surface area contributed by atoms with Crippen molar-refractivity contribution in [3.8, 4) is 11.5 Å². The van der Waals surface area contributed by atoms with E-state index in [1.807, 2.05) is 0 Å². The minimum absolute atomic E-state index is 0.0374. The highest BCUT2D eigenvalue weighted by atomic mass is 79.9. The molecule has 0 spiro atoms. The van der Waals surface area contributed by atoms with Gasteiger partial charge in [0.1, 0.15) is 6.26 Å². The second kappa shape index (κ2) is 6.03. The molecule has 0 atom stereocenters. The lowest BCUT2D eigenvalue weighted by atomic mass is 9.94. The number of benzene rings is 1. The van der Waals surface area contributed by atoms with Crippen molar-refractivity contribution in [3.63, 3.8) is 0 Å². The lowest BCUT2D eigenvalue weighted by molar-refractivity contribution is -0.111. The molecule has 1 aromatic heterocycles. The Balaban J connectivity index is 2.12. The van der Waals surface area contributed by atoms with Crippen molar-refractivity contribution in [2.24, 2.45) is 0 Å². The molecule has 1 N–H and O–H groups in total. The number of phenols is 1. The fourth-order valence-corrected chi connectivity index (χ4v) is 3.14. The summed E-state index contributed by atoms with van der Waals surface area (Å²) in [5.41, 5.74) is -0.0258. The lowest BCUT2D eigenvalue weighted by Gasteiger charge is -2.10. The van der Waals surface area contributed by atoms with E-state index in [4.69, 9.17) is 9.15 Å². The van der Waals surface area contributed by atoms with Crippen molar-refractivity contribution < 1.29 is 28.6 Å². The molecule has 8 heteroatoms. The molecule has 0 unspecified atom stereocenters. The van der Waals surface area contributed by atoms with Crippen molar-refractivity contribution in [1.82, 2.24) is 0 Å². The molecule has 0 fully saturated rings. The molecular formula is C16H8Br2O6. The van der Waals surface area contributed by atoms with Crippen LogP contribution in [-0.4, -0.2) is 29.6 Å². The molecule has 1 heterocycles. The minimum atomic E-state index is -0.838. The molecule has 0 bridgehead atoms. The van der Waals surface area contributed by atoms with E-state index < -0.39 is 17.3 Å². The van der Waals surface area contributed by atoms with Gasteiger partial charge in [-0.25, -0.2) is 0 Å². The summed E-state index contributed by atoms with van der Waals surface area (Å²) >= 11 is 6.18. The summed E-state index contributed by atoms with van der Waals surface area (Å²) in [6.45, 7) is 0. The summed E-state index contributed by atoms with van der Waals surface area (Å²) in [4.78, 5) is 36.8. The average Bonchev–Trinajstić information content (AvgIpc) is 3.02. The van der Waals surface area contributed by atoms with Crippen molar-refractivity contribution >= 4 is 53.7 Å².